The molecule has 0 bridgehead atoms. The Kier molecular flexibility index (Phi) is 8.51. The van der Waals surface area contributed by atoms with E-state index in [2.05, 4.69) is 10.9 Å². The van der Waals surface area contributed by atoms with Crippen molar-refractivity contribution in [1.82, 2.24) is 10.9 Å². The van der Waals surface area contributed by atoms with Gasteiger partial charge in [0.15, 0.2) is 6.10 Å². The SMILES string of the molecule is CCOc1ccc(O[C@H](C)C(=O)NNC(=O)CSCc2ccccc2)cc1. The van der Waals surface area contributed by atoms with Gasteiger partial charge in [0.1, 0.15) is 11.5 Å². The van der Waals surface area contributed by atoms with Gasteiger partial charge in [0, 0.05) is 5.75 Å². The van der Waals surface area contributed by atoms with E-state index in [0.29, 0.717) is 12.4 Å². The van der Waals surface area contributed by atoms with Crippen molar-refractivity contribution in [1.29, 1.82) is 0 Å². The Labute approximate surface area is 163 Å². The first-order chi connectivity index (χ1) is 13.1. The van der Waals surface area contributed by atoms with E-state index in [1.807, 2.05) is 37.3 Å². The minimum absolute atomic E-state index is 0.253. The molecule has 27 heavy (non-hydrogen) atoms. The van der Waals surface area contributed by atoms with E-state index in [1.165, 1.54) is 11.8 Å². The first-order valence-corrected chi connectivity index (χ1v) is 9.84. The molecule has 7 heteroatoms. The van der Waals surface area contributed by atoms with Crippen molar-refractivity contribution < 1.29 is 19.1 Å². The van der Waals surface area contributed by atoms with E-state index in [0.717, 1.165) is 17.1 Å². The van der Waals surface area contributed by atoms with Crippen LogP contribution in [0.3, 0.4) is 0 Å². The number of carbonyl (C=O) groups is 2. The lowest BCUT2D eigenvalue weighted by Crippen LogP contribution is -2.47. The molecule has 0 aromatic heterocycles. The minimum atomic E-state index is -0.750. The van der Waals surface area contributed by atoms with Crippen LogP contribution in [-0.2, 0) is 15.3 Å². The second kappa shape index (κ2) is 11.1. The summed E-state index contributed by atoms with van der Waals surface area (Å²) in [5.41, 5.74) is 5.93. The number of ether oxygens (including phenoxy) is 2. The molecular weight excluding hydrogens is 364 g/mol. The Balaban J connectivity index is 1.67. The second-order valence-electron chi connectivity index (χ2n) is 5.68. The molecular formula is C20H24N2O4S. The van der Waals surface area contributed by atoms with E-state index in [9.17, 15) is 9.59 Å². The molecule has 0 saturated carbocycles. The second-order valence-corrected chi connectivity index (χ2v) is 6.67. The Morgan fingerprint density at radius 1 is 1.00 bits per heavy atom. The summed E-state index contributed by atoms with van der Waals surface area (Å²) >= 11 is 1.48. The topological polar surface area (TPSA) is 76.7 Å². The summed E-state index contributed by atoms with van der Waals surface area (Å²) in [6.45, 7) is 4.11. The molecule has 2 N–H and O–H groups in total. The van der Waals surface area contributed by atoms with Crippen molar-refractivity contribution in [3.63, 3.8) is 0 Å². The van der Waals surface area contributed by atoms with Gasteiger partial charge < -0.3 is 9.47 Å². The molecule has 2 rings (SSSR count). The molecule has 6 nitrogen and oxygen atoms in total. The van der Waals surface area contributed by atoms with E-state index in [1.54, 1.807) is 31.2 Å². The predicted octanol–water partition coefficient (Wildman–Crippen LogP) is 2.93. The summed E-state index contributed by atoms with van der Waals surface area (Å²) in [7, 11) is 0. The summed E-state index contributed by atoms with van der Waals surface area (Å²) in [5, 5.41) is 0. The van der Waals surface area contributed by atoms with E-state index >= 15 is 0 Å². The standard InChI is InChI=1S/C20H24N2O4S/c1-3-25-17-9-11-18(12-10-17)26-15(2)20(24)22-21-19(23)14-27-13-16-7-5-4-6-8-16/h4-12,15H,3,13-14H2,1-2H3,(H,21,23)(H,22,24)/t15-/m1/s1. The maximum atomic E-state index is 12.0. The Morgan fingerprint density at radius 3 is 2.33 bits per heavy atom. The lowest BCUT2D eigenvalue weighted by molar-refractivity contribution is -0.131. The van der Waals surface area contributed by atoms with Gasteiger partial charge in [-0.25, -0.2) is 0 Å². The molecule has 0 radical (unpaired) electrons. The van der Waals surface area contributed by atoms with Gasteiger partial charge in [-0.1, -0.05) is 30.3 Å². The van der Waals surface area contributed by atoms with Gasteiger partial charge in [0.2, 0.25) is 5.91 Å². The molecule has 0 saturated heterocycles. The van der Waals surface area contributed by atoms with Gasteiger partial charge in [-0.2, -0.15) is 0 Å². The van der Waals surface area contributed by atoms with Crippen LogP contribution in [0.4, 0.5) is 0 Å². The van der Waals surface area contributed by atoms with Crippen molar-refractivity contribution in [3.8, 4) is 11.5 Å². The van der Waals surface area contributed by atoms with Gasteiger partial charge in [-0.05, 0) is 43.7 Å². The van der Waals surface area contributed by atoms with Gasteiger partial charge in [-0.3, -0.25) is 20.4 Å². The molecule has 0 aliphatic heterocycles. The molecule has 1 atom stereocenters. The first kappa shape index (κ1) is 20.6. The average Bonchev–Trinajstić information content (AvgIpc) is 2.68. The summed E-state index contributed by atoms with van der Waals surface area (Å²) in [6, 6.07) is 16.9. The summed E-state index contributed by atoms with van der Waals surface area (Å²) in [6.07, 6.45) is -0.750. The highest BCUT2D eigenvalue weighted by molar-refractivity contribution is 7.99. The molecule has 0 unspecified atom stereocenters. The molecule has 0 fully saturated rings. The third-order valence-electron chi connectivity index (χ3n) is 3.49. The molecule has 144 valence electrons. The van der Waals surface area contributed by atoms with E-state index in [-0.39, 0.29) is 11.7 Å². The quantitative estimate of drug-likeness (QED) is 0.646. The predicted molar refractivity (Wildman–Crippen MR) is 107 cm³/mol. The molecule has 0 aliphatic carbocycles. The number of nitrogens with one attached hydrogen (secondary N) is 2. The number of benzene rings is 2. The van der Waals surface area contributed by atoms with Crippen LogP contribution in [0.1, 0.15) is 19.4 Å². The van der Waals surface area contributed by atoms with Gasteiger partial charge in [0.05, 0.1) is 12.4 Å². The Morgan fingerprint density at radius 2 is 1.67 bits per heavy atom. The van der Waals surface area contributed by atoms with Crippen molar-refractivity contribution in [2.45, 2.75) is 25.7 Å². The van der Waals surface area contributed by atoms with Crippen molar-refractivity contribution in [3.05, 3.63) is 60.2 Å². The molecule has 0 heterocycles. The van der Waals surface area contributed by atoms with Crippen LogP contribution in [0.15, 0.2) is 54.6 Å². The fraction of sp³-hybridized carbons (Fsp3) is 0.300. The van der Waals surface area contributed by atoms with Gasteiger partial charge in [-0.15, -0.1) is 11.8 Å². The lowest BCUT2D eigenvalue weighted by Gasteiger charge is -2.15. The van der Waals surface area contributed by atoms with Crippen molar-refractivity contribution >= 4 is 23.6 Å². The number of carbonyl (C=O) groups excluding carboxylic acids is 2. The summed E-state index contributed by atoms with van der Waals surface area (Å²) in [4.78, 5) is 23.9. The monoisotopic (exact) mass is 388 g/mol. The fourth-order valence-electron chi connectivity index (χ4n) is 2.14. The zero-order valence-electron chi connectivity index (χ0n) is 15.4. The molecule has 0 aliphatic rings. The fourth-order valence-corrected chi connectivity index (χ4v) is 2.93. The summed E-state index contributed by atoms with van der Waals surface area (Å²) in [5.74, 6) is 1.58. The van der Waals surface area contributed by atoms with Crippen molar-refractivity contribution in [2.24, 2.45) is 0 Å². The third-order valence-corrected chi connectivity index (χ3v) is 4.49. The normalized spacial score (nSPS) is 11.3. The molecule has 2 aromatic carbocycles. The highest BCUT2D eigenvalue weighted by Gasteiger charge is 2.15. The Hall–Kier alpha value is -2.67. The van der Waals surface area contributed by atoms with Crippen LogP contribution < -0.4 is 20.3 Å². The number of hydrazine groups is 1. The van der Waals surface area contributed by atoms with Crippen LogP contribution in [0.2, 0.25) is 0 Å². The molecule has 0 spiro atoms. The van der Waals surface area contributed by atoms with Crippen LogP contribution in [0, 0.1) is 0 Å². The highest BCUT2D eigenvalue weighted by Crippen LogP contribution is 2.18. The maximum absolute atomic E-state index is 12.0. The summed E-state index contributed by atoms with van der Waals surface area (Å²) < 4.78 is 10.9. The average molecular weight is 388 g/mol. The van der Waals surface area contributed by atoms with Crippen LogP contribution in [-0.4, -0.2) is 30.3 Å². The lowest BCUT2D eigenvalue weighted by atomic mass is 10.2. The number of hydrogen-bond donors (Lipinski definition) is 2. The zero-order valence-corrected chi connectivity index (χ0v) is 16.3. The van der Waals surface area contributed by atoms with Crippen LogP contribution in [0.25, 0.3) is 0 Å². The van der Waals surface area contributed by atoms with Crippen LogP contribution in [0.5, 0.6) is 11.5 Å². The van der Waals surface area contributed by atoms with Crippen molar-refractivity contribution in [2.75, 3.05) is 12.4 Å². The first-order valence-electron chi connectivity index (χ1n) is 8.68. The largest absolute Gasteiger partial charge is 0.494 e. The third kappa shape index (κ3) is 7.62. The molecule has 2 amide bonds. The smallest absolute Gasteiger partial charge is 0.279 e. The van der Waals surface area contributed by atoms with Gasteiger partial charge >= 0.3 is 0 Å². The maximum Gasteiger partial charge on any atom is 0.279 e. The number of rotatable bonds is 9. The number of amides is 2. The number of hydrogen-bond acceptors (Lipinski definition) is 5. The molecule has 2 aromatic rings. The van der Waals surface area contributed by atoms with E-state index in [4.69, 9.17) is 9.47 Å². The Bertz CT molecular complexity index is 723. The minimum Gasteiger partial charge on any atom is -0.494 e. The zero-order chi connectivity index (χ0) is 19.5. The highest BCUT2D eigenvalue weighted by atomic mass is 32.2. The van der Waals surface area contributed by atoms with E-state index < -0.39 is 12.0 Å². The number of thioether (sulfide) groups is 1. The van der Waals surface area contributed by atoms with Crippen LogP contribution >= 0.6 is 11.8 Å². The van der Waals surface area contributed by atoms with Gasteiger partial charge in [0.25, 0.3) is 5.91 Å².